The number of benzene rings is 2. The molecule has 2 fully saturated rings. The molecule has 0 bridgehead atoms. The minimum absolute atomic E-state index is 0.0244. The van der Waals surface area contributed by atoms with Gasteiger partial charge in [-0.05, 0) is 49.2 Å². The predicted molar refractivity (Wildman–Crippen MR) is 140 cm³/mol. The average Bonchev–Trinajstić information content (AvgIpc) is 3.23. The Morgan fingerprint density at radius 1 is 1.05 bits per heavy atom. The first-order chi connectivity index (χ1) is 18.5. The van der Waals surface area contributed by atoms with Crippen LogP contribution in [-0.4, -0.2) is 99.6 Å². The van der Waals surface area contributed by atoms with Gasteiger partial charge in [-0.15, -0.1) is 0 Å². The summed E-state index contributed by atoms with van der Waals surface area (Å²) in [7, 11) is 3.86. The minimum Gasteiger partial charge on any atom is -0.496 e. The zero-order chi connectivity index (χ0) is 28.2. The zero-order valence-corrected chi connectivity index (χ0v) is 22.2. The Bertz CT molecular complexity index is 1180. The van der Waals surface area contributed by atoms with Gasteiger partial charge in [-0.1, -0.05) is 24.3 Å². The molecule has 3 aliphatic rings. The van der Waals surface area contributed by atoms with Crippen molar-refractivity contribution in [1.82, 2.24) is 9.80 Å². The summed E-state index contributed by atoms with van der Waals surface area (Å²) in [6.07, 6.45) is -3.18. The number of alkyl halides is 3. The Kier molecular flexibility index (Phi) is 8.83. The van der Waals surface area contributed by atoms with Gasteiger partial charge in [-0.25, -0.2) is 4.79 Å². The Labute approximate surface area is 225 Å². The molecule has 2 aromatic rings. The third-order valence-electron chi connectivity index (χ3n) is 7.69. The highest BCUT2D eigenvalue weighted by molar-refractivity contribution is 5.98. The van der Waals surface area contributed by atoms with Crippen LogP contribution in [0.1, 0.15) is 18.4 Å². The lowest BCUT2D eigenvalue weighted by Gasteiger charge is -2.35. The molecule has 0 atom stereocenters. The molecule has 3 aliphatic heterocycles. The van der Waals surface area contributed by atoms with E-state index in [2.05, 4.69) is 41.1 Å². The molecule has 5 rings (SSSR count). The van der Waals surface area contributed by atoms with Crippen molar-refractivity contribution in [1.29, 1.82) is 0 Å². The highest BCUT2D eigenvalue weighted by atomic mass is 19.4. The van der Waals surface area contributed by atoms with Gasteiger partial charge < -0.3 is 24.4 Å². The quantitative estimate of drug-likeness (QED) is 0.624. The van der Waals surface area contributed by atoms with Gasteiger partial charge in [0.15, 0.2) is 0 Å². The molecule has 1 amide bonds. The molecule has 0 aliphatic carbocycles. The van der Waals surface area contributed by atoms with Gasteiger partial charge in [0, 0.05) is 62.6 Å². The smallest absolute Gasteiger partial charge is 0.490 e. The summed E-state index contributed by atoms with van der Waals surface area (Å²) in [5.41, 5.74) is 4.56. The number of hydrogen-bond acceptors (Lipinski definition) is 6. The zero-order valence-electron chi connectivity index (χ0n) is 22.2. The number of carbonyl (C=O) groups excluding carboxylic acids is 1. The summed E-state index contributed by atoms with van der Waals surface area (Å²) in [5, 5.41) is 7.12. The SMILES string of the molecule is COc1ccccc1-c1ccc2c(c1)C1(CCOCC1)CN2C(=O)CN1CCN(C)CC1.O=C(O)C(F)(F)F. The molecule has 1 spiro atoms. The first-order valence-electron chi connectivity index (χ1n) is 12.9. The van der Waals surface area contributed by atoms with Crippen LogP contribution >= 0.6 is 0 Å². The average molecular weight is 550 g/mol. The number of hydrogen-bond donors (Lipinski definition) is 1. The topological polar surface area (TPSA) is 82.6 Å². The van der Waals surface area contributed by atoms with Gasteiger partial charge in [-0.3, -0.25) is 9.69 Å². The number of carboxylic acid groups (broad SMARTS) is 1. The number of para-hydroxylation sites is 1. The molecule has 11 heteroatoms. The fourth-order valence-corrected chi connectivity index (χ4v) is 5.41. The molecule has 0 saturated carbocycles. The van der Waals surface area contributed by atoms with Crippen LogP contribution in [0, 0.1) is 0 Å². The summed E-state index contributed by atoms with van der Waals surface area (Å²) in [6.45, 7) is 6.70. The monoisotopic (exact) mass is 549 g/mol. The van der Waals surface area contributed by atoms with Crippen molar-refractivity contribution in [3.05, 3.63) is 48.0 Å². The number of nitrogens with zero attached hydrogens (tertiary/aromatic N) is 3. The Balaban J connectivity index is 0.000000448. The number of likely N-dealkylation sites (N-methyl/N-ethyl adjacent to an activating group) is 1. The maximum Gasteiger partial charge on any atom is 0.490 e. The van der Waals surface area contributed by atoms with Crippen LogP contribution in [0.15, 0.2) is 42.5 Å². The van der Waals surface area contributed by atoms with Crippen molar-refractivity contribution in [2.24, 2.45) is 0 Å². The number of amides is 1. The van der Waals surface area contributed by atoms with E-state index in [9.17, 15) is 18.0 Å². The van der Waals surface area contributed by atoms with E-state index in [1.807, 2.05) is 23.1 Å². The highest BCUT2D eigenvalue weighted by Gasteiger charge is 2.46. The van der Waals surface area contributed by atoms with E-state index in [4.69, 9.17) is 19.4 Å². The van der Waals surface area contributed by atoms with Crippen molar-refractivity contribution in [3.63, 3.8) is 0 Å². The standard InChI is InChI=1S/C26H33N3O3.C2HF3O2/c1-27-11-13-28(14-12-27)18-25(30)29-19-26(9-15-32-16-10-26)22-17-20(7-8-23(22)29)21-5-3-4-6-24(21)31-2;3-2(4,5)1(6)7/h3-8,17H,9-16,18-19H2,1-2H3;(H,6,7). The molecule has 8 nitrogen and oxygen atoms in total. The Morgan fingerprint density at radius 2 is 1.69 bits per heavy atom. The first kappa shape index (κ1) is 28.8. The molecular formula is C28H34F3N3O5. The molecular weight excluding hydrogens is 515 g/mol. The summed E-state index contributed by atoms with van der Waals surface area (Å²) < 4.78 is 43.1. The second-order valence-electron chi connectivity index (χ2n) is 10.2. The van der Waals surface area contributed by atoms with E-state index in [1.54, 1.807) is 7.11 Å². The number of carboxylic acids is 1. The lowest BCUT2D eigenvalue weighted by atomic mass is 9.75. The van der Waals surface area contributed by atoms with Gasteiger partial charge in [0.1, 0.15) is 5.75 Å². The third kappa shape index (κ3) is 6.54. The fraction of sp³-hybridized carbons (Fsp3) is 0.500. The number of ether oxygens (including phenoxy) is 2. The third-order valence-corrected chi connectivity index (χ3v) is 7.69. The van der Waals surface area contributed by atoms with Crippen molar-refractivity contribution in [3.8, 4) is 16.9 Å². The maximum absolute atomic E-state index is 13.5. The molecule has 2 aromatic carbocycles. The molecule has 212 valence electrons. The predicted octanol–water partition coefficient (Wildman–Crippen LogP) is 3.64. The van der Waals surface area contributed by atoms with E-state index in [0.717, 1.165) is 81.3 Å². The molecule has 0 unspecified atom stereocenters. The van der Waals surface area contributed by atoms with E-state index < -0.39 is 12.1 Å². The number of aliphatic carboxylic acids is 1. The molecule has 2 saturated heterocycles. The number of fused-ring (bicyclic) bond motifs is 2. The Morgan fingerprint density at radius 3 is 2.31 bits per heavy atom. The normalized spacial score (nSPS) is 19.3. The number of rotatable bonds is 4. The summed E-state index contributed by atoms with van der Waals surface area (Å²) in [5.74, 6) is -1.67. The second kappa shape index (κ2) is 11.9. The second-order valence-corrected chi connectivity index (χ2v) is 10.2. The number of anilines is 1. The van der Waals surface area contributed by atoms with E-state index >= 15 is 0 Å². The number of methoxy groups -OCH3 is 1. The van der Waals surface area contributed by atoms with Crippen LogP contribution in [0.5, 0.6) is 5.75 Å². The molecule has 39 heavy (non-hydrogen) atoms. The molecule has 0 radical (unpaired) electrons. The lowest BCUT2D eigenvalue weighted by molar-refractivity contribution is -0.192. The van der Waals surface area contributed by atoms with Crippen molar-refractivity contribution in [2.75, 3.05) is 71.5 Å². The maximum atomic E-state index is 13.5. The van der Waals surface area contributed by atoms with Gasteiger partial charge in [0.05, 0.1) is 13.7 Å². The van der Waals surface area contributed by atoms with Crippen molar-refractivity contribution < 1.29 is 37.3 Å². The van der Waals surface area contributed by atoms with E-state index in [-0.39, 0.29) is 11.3 Å². The van der Waals surface area contributed by atoms with E-state index in [0.29, 0.717) is 6.54 Å². The summed E-state index contributed by atoms with van der Waals surface area (Å²) in [4.78, 5) is 29.0. The van der Waals surface area contributed by atoms with Crippen LogP contribution in [0.2, 0.25) is 0 Å². The highest BCUT2D eigenvalue weighted by Crippen LogP contribution is 2.48. The first-order valence-corrected chi connectivity index (χ1v) is 12.9. The summed E-state index contributed by atoms with van der Waals surface area (Å²) >= 11 is 0. The van der Waals surface area contributed by atoms with Gasteiger partial charge in [0.25, 0.3) is 0 Å². The van der Waals surface area contributed by atoms with Gasteiger partial charge in [-0.2, -0.15) is 13.2 Å². The van der Waals surface area contributed by atoms with Gasteiger partial charge >= 0.3 is 12.1 Å². The fourth-order valence-electron chi connectivity index (χ4n) is 5.41. The van der Waals surface area contributed by atoms with Crippen LogP contribution in [0.3, 0.4) is 0 Å². The van der Waals surface area contributed by atoms with Crippen LogP contribution < -0.4 is 9.64 Å². The number of piperazine rings is 1. The van der Waals surface area contributed by atoms with Gasteiger partial charge in [0.2, 0.25) is 5.91 Å². The van der Waals surface area contributed by atoms with Crippen LogP contribution in [0.25, 0.3) is 11.1 Å². The number of carbonyl (C=O) groups is 2. The number of halogens is 3. The van der Waals surface area contributed by atoms with E-state index in [1.165, 1.54) is 5.56 Å². The largest absolute Gasteiger partial charge is 0.496 e. The lowest BCUT2D eigenvalue weighted by Crippen LogP contribution is -2.49. The minimum atomic E-state index is -5.08. The van der Waals surface area contributed by atoms with Crippen molar-refractivity contribution >= 4 is 17.6 Å². The molecule has 0 aromatic heterocycles. The molecule has 3 heterocycles. The summed E-state index contributed by atoms with van der Waals surface area (Å²) in [6, 6.07) is 14.7. The Hall–Kier alpha value is -3.15. The van der Waals surface area contributed by atoms with Crippen LogP contribution in [0.4, 0.5) is 18.9 Å². The van der Waals surface area contributed by atoms with Crippen LogP contribution in [-0.2, 0) is 19.7 Å². The van der Waals surface area contributed by atoms with Crippen molar-refractivity contribution in [2.45, 2.75) is 24.4 Å². The molecule has 1 N–H and O–H groups in total.